The van der Waals surface area contributed by atoms with Crippen molar-refractivity contribution in [1.29, 1.82) is 0 Å². The van der Waals surface area contributed by atoms with Gasteiger partial charge < -0.3 is 5.32 Å². The highest BCUT2D eigenvalue weighted by Crippen LogP contribution is 2.23. The highest BCUT2D eigenvalue weighted by Gasteiger charge is 2.12. The van der Waals surface area contributed by atoms with Crippen LogP contribution in [-0.2, 0) is 0 Å². The van der Waals surface area contributed by atoms with Gasteiger partial charge in [0, 0.05) is 17.3 Å². The molecule has 0 unspecified atom stereocenters. The molecule has 2 N–H and O–H groups in total. The molecule has 2 aromatic rings. The third-order valence-electron chi connectivity index (χ3n) is 4.19. The Morgan fingerprint density at radius 3 is 2.57 bits per heavy atom. The minimum atomic E-state index is 0.606. The molecule has 4 heteroatoms. The zero-order valence-electron chi connectivity index (χ0n) is 12.7. The summed E-state index contributed by atoms with van der Waals surface area (Å²) in [5, 5.41) is 10.8. The first-order valence-electron chi connectivity index (χ1n) is 8.07. The average molecular weight is 284 g/mol. The largest absolute Gasteiger partial charge is 0.382 e. The van der Waals surface area contributed by atoms with Crippen LogP contribution in [0.1, 0.15) is 50.8 Å². The molecule has 0 bridgehead atoms. The Labute approximate surface area is 126 Å². The fourth-order valence-corrected chi connectivity index (χ4v) is 3.06. The van der Waals surface area contributed by atoms with Crippen molar-refractivity contribution in [1.82, 2.24) is 15.2 Å². The van der Waals surface area contributed by atoms with Crippen LogP contribution in [0.2, 0.25) is 0 Å². The molecule has 0 saturated heterocycles. The van der Waals surface area contributed by atoms with Crippen molar-refractivity contribution in [3.8, 4) is 11.4 Å². The lowest BCUT2D eigenvalue weighted by Gasteiger charge is -2.22. The summed E-state index contributed by atoms with van der Waals surface area (Å²) in [5.74, 6) is 1.62. The molecule has 0 aliphatic heterocycles. The standard InChI is InChI=1S/C17H24N4/c1-13-18-17(21-20-13)14-8-7-11-16(12-14)19-15-9-5-3-2-4-6-10-15/h7-8,11-12,15,19H,2-6,9-10H2,1H3,(H,18,20,21). The molecule has 3 rings (SSSR count). The Kier molecular flexibility index (Phi) is 4.53. The predicted molar refractivity (Wildman–Crippen MR) is 86.3 cm³/mol. The second kappa shape index (κ2) is 6.74. The maximum absolute atomic E-state index is 4.40. The Hall–Kier alpha value is -1.84. The molecule has 0 radical (unpaired) electrons. The molecule has 1 heterocycles. The van der Waals surface area contributed by atoms with Crippen molar-refractivity contribution < 1.29 is 0 Å². The van der Waals surface area contributed by atoms with Gasteiger partial charge in [-0.15, -0.1) is 0 Å². The Morgan fingerprint density at radius 1 is 1.10 bits per heavy atom. The molecule has 0 atom stereocenters. The van der Waals surface area contributed by atoms with E-state index in [-0.39, 0.29) is 0 Å². The Balaban J connectivity index is 1.70. The summed E-state index contributed by atoms with van der Waals surface area (Å²) >= 11 is 0. The van der Waals surface area contributed by atoms with Gasteiger partial charge in [-0.3, -0.25) is 5.10 Å². The first-order chi connectivity index (χ1) is 10.3. The number of hydrogen-bond donors (Lipinski definition) is 2. The molecule has 1 aliphatic rings. The van der Waals surface area contributed by atoms with Crippen LogP contribution >= 0.6 is 0 Å². The second-order valence-electron chi connectivity index (χ2n) is 6.01. The van der Waals surface area contributed by atoms with Crippen molar-refractivity contribution in [2.75, 3.05) is 5.32 Å². The van der Waals surface area contributed by atoms with Crippen LogP contribution in [0.4, 0.5) is 5.69 Å². The van der Waals surface area contributed by atoms with E-state index in [0.29, 0.717) is 6.04 Å². The van der Waals surface area contributed by atoms with Gasteiger partial charge in [-0.25, -0.2) is 4.98 Å². The maximum atomic E-state index is 4.40. The van der Waals surface area contributed by atoms with E-state index in [0.717, 1.165) is 17.2 Å². The fraction of sp³-hybridized carbons (Fsp3) is 0.529. The van der Waals surface area contributed by atoms with Crippen molar-refractivity contribution >= 4 is 5.69 Å². The summed E-state index contributed by atoms with van der Waals surface area (Å²) in [6.07, 6.45) is 9.43. The lowest BCUT2D eigenvalue weighted by atomic mass is 9.96. The smallest absolute Gasteiger partial charge is 0.181 e. The monoisotopic (exact) mass is 284 g/mol. The van der Waals surface area contributed by atoms with Crippen LogP contribution in [0.5, 0.6) is 0 Å². The van der Waals surface area contributed by atoms with Crippen LogP contribution in [-0.4, -0.2) is 21.2 Å². The summed E-state index contributed by atoms with van der Waals surface area (Å²) in [6.45, 7) is 1.92. The third kappa shape index (κ3) is 3.84. The van der Waals surface area contributed by atoms with E-state index >= 15 is 0 Å². The summed E-state index contributed by atoms with van der Waals surface area (Å²) in [4.78, 5) is 4.40. The van der Waals surface area contributed by atoms with Crippen molar-refractivity contribution in [3.05, 3.63) is 30.1 Å². The number of aromatic nitrogens is 3. The molecule has 1 fully saturated rings. The van der Waals surface area contributed by atoms with E-state index < -0.39 is 0 Å². The van der Waals surface area contributed by atoms with Gasteiger partial charge in [0.2, 0.25) is 0 Å². The van der Waals surface area contributed by atoms with Crippen molar-refractivity contribution in [3.63, 3.8) is 0 Å². The zero-order chi connectivity index (χ0) is 14.5. The van der Waals surface area contributed by atoms with Crippen LogP contribution in [0.15, 0.2) is 24.3 Å². The molecule has 112 valence electrons. The molecular formula is C17H24N4. The zero-order valence-corrected chi connectivity index (χ0v) is 12.7. The molecule has 4 nitrogen and oxygen atoms in total. The van der Waals surface area contributed by atoms with E-state index in [1.54, 1.807) is 0 Å². The van der Waals surface area contributed by atoms with Gasteiger partial charge in [-0.1, -0.05) is 44.2 Å². The van der Waals surface area contributed by atoms with E-state index in [4.69, 9.17) is 0 Å². The number of benzene rings is 1. The Bertz CT molecular complexity index is 568. The lowest BCUT2D eigenvalue weighted by Crippen LogP contribution is -2.20. The molecule has 21 heavy (non-hydrogen) atoms. The number of nitrogens with zero attached hydrogens (tertiary/aromatic N) is 2. The minimum Gasteiger partial charge on any atom is -0.382 e. The highest BCUT2D eigenvalue weighted by atomic mass is 15.2. The number of aromatic amines is 1. The number of rotatable bonds is 3. The van der Waals surface area contributed by atoms with Gasteiger partial charge >= 0.3 is 0 Å². The SMILES string of the molecule is Cc1nc(-c2cccc(NC3CCCCCCC3)c2)n[nH]1. The molecule has 1 aromatic carbocycles. The van der Waals surface area contributed by atoms with Gasteiger partial charge in [-0.2, -0.15) is 5.10 Å². The minimum absolute atomic E-state index is 0.606. The molecule has 1 aliphatic carbocycles. The van der Waals surface area contributed by atoms with Gasteiger partial charge in [0.1, 0.15) is 5.82 Å². The lowest BCUT2D eigenvalue weighted by molar-refractivity contribution is 0.471. The fourth-order valence-electron chi connectivity index (χ4n) is 3.06. The van der Waals surface area contributed by atoms with Gasteiger partial charge in [0.05, 0.1) is 0 Å². The second-order valence-corrected chi connectivity index (χ2v) is 6.01. The van der Waals surface area contributed by atoms with E-state index in [1.807, 2.05) is 6.92 Å². The van der Waals surface area contributed by atoms with E-state index in [1.165, 1.54) is 50.6 Å². The van der Waals surface area contributed by atoms with Gasteiger partial charge in [-0.05, 0) is 31.9 Å². The number of hydrogen-bond acceptors (Lipinski definition) is 3. The van der Waals surface area contributed by atoms with E-state index in [9.17, 15) is 0 Å². The number of H-pyrrole nitrogens is 1. The van der Waals surface area contributed by atoms with Gasteiger partial charge in [0.15, 0.2) is 5.82 Å². The van der Waals surface area contributed by atoms with Crippen LogP contribution in [0.25, 0.3) is 11.4 Å². The maximum Gasteiger partial charge on any atom is 0.181 e. The molecule has 0 spiro atoms. The summed E-state index contributed by atoms with van der Waals surface area (Å²) in [6, 6.07) is 9.04. The van der Waals surface area contributed by atoms with Crippen molar-refractivity contribution in [2.45, 2.75) is 57.9 Å². The predicted octanol–water partition coefficient (Wildman–Crippen LogP) is 4.30. The number of nitrogens with one attached hydrogen (secondary N) is 2. The molecule has 1 saturated carbocycles. The Morgan fingerprint density at radius 2 is 1.86 bits per heavy atom. The number of anilines is 1. The van der Waals surface area contributed by atoms with E-state index in [2.05, 4.69) is 44.8 Å². The topological polar surface area (TPSA) is 53.6 Å². The molecule has 1 aromatic heterocycles. The number of aryl methyl sites for hydroxylation is 1. The third-order valence-corrected chi connectivity index (χ3v) is 4.19. The molecular weight excluding hydrogens is 260 g/mol. The van der Waals surface area contributed by atoms with Crippen molar-refractivity contribution in [2.24, 2.45) is 0 Å². The van der Waals surface area contributed by atoms with Gasteiger partial charge in [0.25, 0.3) is 0 Å². The first kappa shape index (κ1) is 14.1. The first-order valence-corrected chi connectivity index (χ1v) is 8.07. The average Bonchev–Trinajstić information content (AvgIpc) is 2.89. The molecule has 0 amide bonds. The summed E-state index contributed by atoms with van der Waals surface area (Å²) < 4.78 is 0. The summed E-state index contributed by atoms with van der Waals surface area (Å²) in [5.41, 5.74) is 2.25. The normalized spacial score (nSPS) is 17.2. The van der Waals surface area contributed by atoms with Crippen LogP contribution < -0.4 is 5.32 Å². The van der Waals surface area contributed by atoms with Crippen LogP contribution in [0, 0.1) is 6.92 Å². The highest BCUT2D eigenvalue weighted by molar-refractivity contribution is 5.62. The summed E-state index contributed by atoms with van der Waals surface area (Å²) in [7, 11) is 0. The van der Waals surface area contributed by atoms with Crippen LogP contribution in [0.3, 0.4) is 0 Å². The quantitative estimate of drug-likeness (QED) is 0.883.